The third-order valence-electron chi connectivity index (χ3n) is 3.29. The number of anilines is 1. The molecule has 2 amide bonds. The first-order chi connectivity index (χ1) is 12.8. The minimum Gasteiger partial charge on any atom is -0.399 e. The lowest BCUT2D eigenvalue weighted by Gasteiger charge is -2.18. The zero-order valence-electron chi connectivity index (χ0n) is 17.5. The van der Waals surface area contributed by atoms with Crippen LogP contribution in [0.2, 0.25) is 0 Å². The van der Waals surface area contributed by atoms with Gasteiger partial charge in [-0.15, -0.1) is 0 Å². The van der Waals surface area contributed by atoms with Crippen LogP contribution in [0, 0.1) is 5.92 Å². The highest BCUT2D eigenvalue weighted by atomic mass is 16.2. The molecule has 1 aromatic rings. The molecule has 0 radical (unpaired) electrons. The second-order valence-corrected chi connectivity index (χ2v) is 5.80. The summed E-state index contributed by atoms with van der Waals surface area (Å²) in [5.74, 6) is -0.567. The van der Waals surface area contributed by atoms with Crippen molar-refractivity contribution < 1.29 is 14.4 Å². The molecule has 0 bridgehead atoms. The summed E-state index contributed by atoms with van der Waals surface area (Å²) in [4.78, 5) is 34.2. The molecule has 1 rings (SSSR count). The van der Waals surface area contributed by atoms with E-state index < -0.39 is 6.04 Å². The van der Waals surface area contributed by atoms with Crippen LogP contribution in [-0.2, 0) is 9.59 Å². The van der Waals surface area contributed by atoms with E-state index in [9.17, 15) is 14.4 Å². The zero-order chi connectivity index (χ0) is 21.2. The van der Waals surface area contributed by atoms with Crippen molar-refractivity contribution in [2.75, 3.05) is 25.9 Å². The van der Waals surface area contributed by atoms with Gasteiger partial charge in [0.25, 0.3) is 5.91 Å². The topological polar surface area (TPSA) is 113 Å². The molecule has 27 heavy (non-hydrogen) atoms. The van der Waals surface area contributed by atoms with E-state index in [0.717, 1.165) is 12.8 Å². The molecule has 1 aromatic carbocycles. The molecule has 0 aliphatic carbocycles. The highest BCUT2D eigenvalue weighted by Crippen LogP contribution is 2.06. The third kappa shape index (κ3) is 13.5. The third-order valence-corrected chi connectivity index (χ3v) is 3.29. The number of hydrogen-bond acceptors (Lipinski definition) is 5. The highest BCUT2D eigenvalue weighted by molar-refractivity contribution is 5.94. The maximum absolute atomic E-state index is 12.0. The average molecular weight is 381 g/mol. The molecular formula is C20H36N4O3. The van der Waals surface area contributed by atoms with E-state index >= 15 is 0 Å². The van der Waals surface area contributed by atoms with Crippen molar-refractivity contribution in [2.24, 2.45) is 5.92 Å². The van der Waals surface area contributed by atoms with Crippen molar-refractivity contribution in [3.8, 4) is 0 Å². The summed E-state index contributed by atoms with van der Waals surface area (Å²) in [6.45, 7) is 10.9. The summed E-state index contributed by atoms with van der Waals surface area (Å²) in [6.07, 6.45) is 0.856. The molecule has 0 aliphatic heterocycles. The van der Waals surface area contributed by atoms with E-state index in [4.69, 9.17) is 5.73 Å². The molecule has 1 unspecified atom stereocenters. The number of nitrogens with two attached hydrogens (primary N) is 1. The summed E-state index contributed by atoms with van der Waals surface area (Å²) in [5.41, 5.74) is 6.58. The minimum atomic E-state index is -0.435. The molecule has 0 spiro atoms. The maximum Gasteiger partial charge on any atom is 0.251 e. The smallest absolute Gasteiger partial charge is 0.251 e. The van der Waals surface area contributed by atoms with Gasteiger partial charge in [-0.2, -0.15) is 0 Å². The van der Waals surface area contributed by atoms with E-state index in [1.54, 1.807) is 38.1 Å². The molecule has 1 atom stereocenters. The van der Waals surface area contributed by atoms with E-state index in [-0.39, 0.29) is 30.7 Å². The number of nitrogens with one attached hydrogen (secondary N) is 3. The number of nitrogen functional groups attached to an aromatic ring is 1. The van der Waals surface area contributed by atoms with Gasteiger partial charge in [-0.05, 0) is 37.9 Å². The van der Waals surface area contributed by atoms with Crippen LogP contribution in [0.5, 0.6) is 0 Å². The van der Waals surface area contributed by atoms with Crippen molar-refractivity contribution in [1.29, 1.82) is 0 Å². The van der Waals surface area contributed by atoms with Gasteiger partial charge in [0.2, 0.25) is 5.91 Å². The summed E-state index contributed by atoms with van der Waals surface area (Å²) in [6, 6.07) is 6.04. The Labute approximate surface area is 163 Å². The average Bonchev–Trinajstić information content (AvgIpc) is 2.68. The fourth-order valence-electron chi connectivity index (χ4n) is 1.64. The molecule has 0 saturated heterocycles. The predicted molar refractivity (Wildman–Crippen MR) is 112 cm³/mol. The lowest BCUT2D eigenvalue weighted by atomic mass is 10.1. The molecule has 0 aliphatic rings. The van der Waals surface area contributed by atoms with Crippen LogP contribution in [0.4, 0.5) is 5.69 Å². The molecule has 7 heteroatoms. The van der Waals surface area contributed by atoms with Gasteiger partial charge in [-0.25, -0.2) is 0 Å². The molecule has 5 N–H and O–H groups in total. The van der Waals surface area contributed by atoms with Gasteiger partial charge in [0.15, 0.2) is 0 Å². The number of carbonyl (C=O) groups is 3. The van der Waals surface area contributed by atoms with Gasteiger partial charge in [0, 0.05) is 30.1 Å². The zero-order valence-corrected chi connectivity index (χ0v) is 17.5. The van der Waals surface area contributed by atoms with Crippen molar-refractivity contribution in [3.63, 3.8) is 0 Å². The first-order valence-corrected chi connectivity index (χ1v) is 9.38. The predicted octanol–water partition coefficient (Wildman–Crippen LogP) is 1.98. The number of rotatable bonds is 8. The lowest BCUT2D eigenvalue weighted by molar-refractivity contribution is -0.124. The summed E-state index contributed by atoms with van der Waals surface area (Å²) in [5, 5.41) is 8.35. The molecule has 7 nitrogen and oxygen atoms in total. The number of aldehydes is 1. The standard InChI is InChI=1S/C15H21N3O3.C3H9N.C2H6/c1-10(2)14(20)17-9-13(7-8-19)18-15(21)11-3-5-12(16)6-4-11;1-3-4-2;1-2/h3-6,8,10,13H,7,9,16H2,1-2H3,(H,17,20)(H,18,21);4H,3H2,1-2H3;1-2H3. The van der Waals surface area contributed by atoms with Crippen LogP contribution in [0.3, 0.4) is 0 Å². The Balaban J connectivity index is 0. The Hall–Kier alpha value is -2.41. The first-order valence-electron chi connectivity index (χ1n) is 9.38. The SMILES string of the molecule is CC.CC(C)C(=O)NCC(CC=O)NC(=O)c1ccc(N)cc1.CCNC. The molecule has 154 valence electrons. The minimum absolute atomic E-state index is 0.118. The molecule has 0 heterocycles. The maximum atomic E-state index is 12.0. The van der Waals surface area contributed by atoms with E-state index in [0.29, 0.717) is 11.3 Å². The van der Waals surface area contributed by atoms with Gasteiger partial charge in [-0.3, -0.25) is 9.59 Å². The molecule has 0 aromatic heterocycles. The van der Waals surface area contributed by atoms with Gasteiger partial charge in [0.05, 0.1) is 6.04 Å². The lowest BCUT2D eigenvalue weighted by Crippen LogP contribution is -2.44. The van der Waals surface area contributed by atoms with Crippen LogP contribution < -0.4 is 21.7 Å². The van der Waals surface area contributed by atoms with Crippen LogP contribution in [-0.4, -0.2) is 44.3 Å². The van der Waals surface area contributed by atoms with Crippen molar-refractivity contribution >= 4 is 23.8 Å². The Morgan fingerprint density at radius 2 is 1.67 bits per heavy atom. The summed E-state index contributed by atoms with van der Waals surface area (Å²) < 4.78 is 0. The van der Waals surface area contributed by atoms with Crippen molar-refractivity contribution in [2.45, 2.75) is 47.1 Å². The second-order valence-electron chi connectivity index (χ2n) is 5.80. The Morgan fingerprint density at radius 1 is 1.15 bits per heavy atom. The van der Waals surface area contributed by atoms with Gasteiger partial charge in [0.1, 0.15) is 6.29 Å². The number of benzene rings is 1. The van der Waals surface area contributed by atoms with Gasteiger partial charge < -0.3 is 26.5 Å². The van der Waals surface area contributed by atoms with E-state index in [2.05, 4.69) is 22.9 Å². The highest BCUT2D eigenvalue weighted by Gasteiger charge is 2.15. The van der Waals surface area contributed by atoms with E-state index in [1.165, 1.54) is 0 Å². The quantitative estimate of drug-likeness (QED) is 0.407. The van der Waals surface area contributed by atoms with Crippen LogP contribution >= 0.6 is 0 Å². The molecular weight excluding hydrogens is 344 g/mol. The van der Waals surface area contributed by atoms with Crippen molar-refractivity contribution in [1.82, 2.24) is 16.0 Å². The van der Waals surface area contributed by atoms with Gasteiger partial charge >= 0.3 is 0 Å². The second kappa shape index (κ2) is 17.0. The monoisotopic (exact) mass is 380 g/mol. The van der Waals surface area contributed by atoms with Crippen LogP contribution in [0.15, 0.2) is 24.3 Å². The summed E-state index contributed by atoms with van der Waals surface area (Å²) >= 11 is 0. The number of carbonyl (C=O) groups excluding carboxylic acids is 3. The van der Waals surface area contributed by atoms with Crippen LogP contribution in [0.25, 0.3) is 0 Å². The number of hydrogen-bond donors (Lipinski definition) is 4. The Morgan fingerprint density at radius 3 is 2.07 bits per heavy atom. The van der Waals surface area contributed by atoms with Crippen LogP contribution in [0.1, 0.15) is 51.4 Å². The Bertz CT molecular complexity index is 529. The summed E-state index contributed by atoms with van der Waals surface area (Å²) in [7, 11) is 1.93. The van der Waals surface area contributed by atoms with E-state index in [1.807, 2.05) is 20.9 Å². The van der Waals surface area contributed by atoms with Gasteiger partial charge in [-0.1, -0.05) is 34.6 Å². The molecule has 0 fully saturated rings. The fraction of sp³-hybridized carbons (Fsp3) is 0.550. The normalized spacial score (nSPS) is 10.5. The molecule has 0 saturated carbocycles. The fourth-order valence-corrected chi connectivity index (χ4v) is 1.64. The largest absolute Gasteiger partial charge is 0.399 e. The number of amides is 2. The van der Waals surface area contributed by atoms with Crippen molar-refractivity contribution in [3.05, 3.63) is 29.8 Å². The Kier molecular flexibility index (Phi) is 16.9. The first kappa shape index (κ1) is 26.8.